The van der Waals surface area contributed by atoms with E-state index >= 15 is 0 Å². The maximum atomic E-state index is 10.2. The molecule has 2 nitrogen and oxygen atoms in total. The molecule has 0 spiro atoms. The lowest BCUT2D eigenvalue weighted by atomic mass is 10.1. The molecule has 0 aliphatic rings. The first-order valence-corrected chi connectivity index (χ1v) is 5.66. The molecule has 83 valence electrons. The number of rotatable bonds is 7. The minimum Gasteiger partial charge on any atom is -0.494 e. The summed E-state index contributed by atoms with van der Waals surface area (Å²) in [6.45, 7) is 2.75. The first-order valence-electron chi connectivity index (χ1n) is 5.66. The average Bonchev–Trinajstić information content (AvgIpc) is 2.27. The molecule has 0 atom stereocenters. The van der Waals surface area contributed by atoms with Crippen LogP contribution in [0, 0.1) is 0 Å². The van der Waals surface area contributed by atoms with Gasteiger partial charge >= 0.3 is 0 Å². The van der Waals surface area contributed by atoms with Gasteiger partial charge in [0.15, 0.2) is 0 Å². The van der Waals surface area contributed by atoms with Crippen LogP contribution >= 0.6 is 0 Å². The molecule has 0 aliphatic heterocycles. The molecule has 0 saturated carbocycles. The highest BCUT2D eigenvalue weighted by Gasteiger charge is 1.95. The molecular weight excluding hydrogens is 188 g/mol. The molecule has 0 fully saturated rings. The minimum absolute atomic E-state index is 0.0588. The van der Waals surface area contributed by atoms with E-state index in [0.717, 1.165) is 31.4 Å². The molecule has 0 aliphatic carbocycles. The van der Waals surface area contributed by atoms with Crippen molar-refractivity contribution >= 4 is 0 Å². The van der Waals surface area contributed by atoms with Crippen LogP contribution in [0.3, 0.4) is 0 Å². The van der Waals surface area contributed by atoms with Crippen molar-refractivity contribution in [3.05, 3.63) is 29.8 Å². The Hall–Kier alpha value is -1.02. The van der Waals surface area contributed by atoms with Crippen LogP contribution in [0.5, 0.6) is 5.75 Å². The highest BCUT2D eigenvalue weighted by atomic mass is 16.5. The second-order valence-corrected chi connectivity index (χ2v) is 3.59. The quantitative estimate of drug-likeness (QED) is 0.631. The van der Waals surface area contributed by atoms with Crippen LogP contribution < -0.4 is 4.74 Å². The predicted molar refractivity (Wildman–Crippen MR) is 60.7 cm³/mol. The van der Waals surface area contributed by atoms with Crippen LogP contribution in [0.1, 0.15) is 31.7 Å². The van der Waals surface area contributed by atoms with E-state index in [-0.39, 0.29) is 6.61 Å². The van der Waals surface area contributed by atoms with E-state index in [0.29, 0.717) is 6.61 Å². The van der Waals surface area contributed by atoms with Gasteiger partial charge in [-0.2, -0.15) is 0 Å². The third kappa shape index (κ3) is 4.84. The Balaban J connectivity index is 2.29. The molecule has 0 heterocycles. The summed E-state index contributed by atoms with van der Waals surface area (Å²) in [5.74, 6) is 0.931. The van der Waals surface area contributed by atoms with Crippen molar-refractivity contribution in [1.82, 2.24) is 0 Å². The van der Waals surface area contributed by atoms with Gasteiger partial charge < -0.3 is 4.74 Å². The molecule has 1 aromatic rings. The maximum Gasteiger partial charge on any atom is 0.119 e. The van der Waals surface area contributed by atoms with E-state index in [1.54, 1.807) is 0 Å². The number of hydrogen-bond donors (Lipinski definition) is 0. The molecule has 0 saturated heterocycles. The van der Waals surface area contributed by atoms with Gasteiger partial charge in [0.05, 0.1) is 13.2 Å². The predicted octanol–water partition coefficient (Wildman–Crippen LogP) is 3.23. The van der Waals surface area contributed by atoms with Crippen LogP contribution in [0.15, 0.2) is 24.3 Å². The van der Waals surface area contributed by atoms with Gasteiger partial charge in [0.25, 0.3) is 0 Å². The largest absolute Gasteiger partial charge is 0.494 e. The fraction of sp³-hybridized carbons (Fsp3) is 0.538. The third-order valence-corrected chi connectivity index (χ3v) is 2.34. The standard InChI is InChI=1S/C13H19O2/c1-2-15-13-9-7-12(8-10-13)6-4-3-5-11-14/h7-10H,2-6,11H2,1H3. The number of unbranched alkanes of at least 4 members (excludes halogenated alkanes) is 2. The van der Waals surface area contributed by atoms with Crippen LogP contribution in [0.2, 0.25) is 0 Å². The number of benzene rings is 1. The molecular formula is C13H19O2. The van der Waals surface area contributed by atoms with Crippen molar-refractivity contribution < 1.29 is 9.84 Å². The summed E-state index contributed by atoms with van der Waals surface area (Å²) in [7, 11) is 0. The Bertz CT molecular complexity index is 254. The Morgan fingerprint density at radius 2 is 1.80 bits per heavy atom. The molecule has 15 heavy (non-hydrogen) atoms. The van der Waals surface area contributed by atoms with Crippen molar-refractivity contribution in [3.63, 3.8) is 0 Å². The summed E-state index contributed by atoms with van der Waals surface area (Å²) < 4.78 is 5.36. The van der Waals surface area contributed by atoms with Crippen molar-refractivity contribution in [2.24, 2.45) is 0 Å². The molecule has 0 bridgehead atoms. The summed E-state index contributed by atoms with van der Waals surface area (Å²) in [6.07, 6.45) is 4.01. The zero-order chi connectivity index (χ0) is 10.9. The molecule has 0 aromatic heterocycles. The first-order chi connectivity index (χ1) is 7.36. The lowest BCUT2D eigenvalue weighted by molar-refractivity contribution is 0.186. The fourth-order valence-electron chi connectivity index (χ4n) is 1.53. The average molecular weight is 207 g/mol. The summed E-state index contributed by atoms with van der Waals surface area (Å²) in [5.41, 5.74) is 1.32. The van der Waals surface area contributed by atoms with Crippen LogP contribution in [-0.4, -0.2) is 13.2 Å². The van der Waals surface area contributed by atoms with E-state index in [4.69, 9.17) is 4.74 Å². The summed E-state index contributed by atoms with van der Waals surface area (Å²) in [4.78, 5) is 0. The summed E-state index contributed by atoms with van der Waals surface area (Å²) in [6, 6.07) is 8.21. The highest BCUT2D eigenvalue weighted by molar-refractivity contribution is 5.27. The van der Waals surface area contributed by atoms with Gasteiger partial charge in [-0.1, -0.05) is 18.6 Å². The van der Waals surface area contributed by atoms with Crippen LogP contribution in [0.4, 0.5) is 0 Å². The van der Waals surface area contributed by atoms with Crippen molar-refractivity contribution in [2.75, 3.05) is 13.2 Å². The van der Waals surface area contributed by atoms with Crippen molar-refractivity contribution in [3.8, 4) is 5.75 Å². The first kappa shape index (κ1) is 12.1. The van der Waals surface area contributed by atoms with Crippen molar-refractivity contribution in [2.45, 2.75) is 32.6 Å². The topological polar surface area (TPSA) is 29.1 Å². The smallest absolute Gasteiger partial charge is 0.119 e. The number of hydrogen-bond acceptors (Lipinski definition) is 1. The van der Waals surface area contributed by atoms with E-state index in [9.17, 15) is 5.11 Å². The Labute approximate surface area is 91.9 Å². The summed E-state index contributed by atoms with van der Waals surface area (Å²) in [5, 5.41) is 10.2. The zero-order valence-corrected chi connectivity index (χ0v) is 9.37. The normalized spacial score (nSPS) is 10.3. The fourth-order valence-corrected chi connectivity index (χ4v) is 1.53. The lowest BCUT2D eigenvalue weighted by Gasteiger charge is -2.04. The molecule has 2 heteroatoms. The monoisotopic (exact) mass is 207 g/mol. The van der Waals surface area contributed by atoms with Gasteiger partial charge in [-0.25, -0.2) is 5.11 Å². The van der Waals surface area contributed by atoms with Gasteiger partial charge in [0, 0.05) is 0 Å². The van der Waals surface area contributed by atoms with E-state index in [2.05, 4.69) is 12.1 Å². The van der Waals surface area contributed by atoms with E-state index in [1.165, 1.54) is 5.56 Å². The molecule has 1 radical (unpaired) electrons. The number of aryl methyl sites for hydroxylation is 1. The molecule has 0 N–H and O–H groups in total. The highest BCUT2D eigenvalue weighted by Crippen LogP contribution is 2.14. The van der Waals surface area contributed by atoms with E-state index in [1.807, 2.05) is 19.1 Å². The zero-order valence-electron chi connectivity index (χ0n) is 9.37. The minimum atomic E-state index is 0.0588. The Kier molecular flexibility index (Phi) is 5.86. The van der Waals surface area contributed by atoms with Gasteiger partial charge in [-0.15, -0.1) is 0 Å². The number of ether oxygens (including phenoxy) is 1. The van der Waals surface area contributed by atoms with Gasteiger partial charge in [-0.05, 0) is 43.9 Å². The molecule has 0 amide bonds. The lowest BCUT2D eigenvalue weighted by Crippen LogP contribution is -1.92. The van der Waals surface area contributed by atoms with Gasteiger partial charge in [-0.3, -0.25) is 0 Å². The summed E-state index contributed by atoms with van der Waals surface area (Å²) >= 11 is 0. The maximum absolute atomic E-state index is 10.2. The van der Waals surface area contributed by atoms with Crippen LogP contribution in [-0.2, 0) is 11.5 Å². The van der Waals surface area contributed by atoms with Gasteiger partial charge in [0.1, 0.15) is 5.75 Å². The molecule has 0 unspecified atom stereocenters. The Morgan fingerprint density at radius 1 is 1.07 bits per heavy atom. The van der Waals surface area contributed by atoms with Crippen molar-refractivity contribution in [1.29, 1.82) is 0 Å². The second kappa shape index (κ2) is 7.30. The third-order valence-electron chi connectivity index (χ3n) is 2.34. The Morgan fingerprint density at radius 3 is 2.40 bits per heavy atom. The second-order valence-electron chi connectivity index (χ2n) is 3.59. The SMILES string of the molecule is CCOc1ccc(CCCCC[O])cc1. The van der Waals surface area contributed by atoms with Crippen LogP contribution in [0.25, 0.3) is 0 Å². The van der Waals surface area contributed by atoms with E-state index < -0.39 is 0 Å². The van der Waals surface area contributed by atoms with Gasteiger partial charge in [0.2, 0.25) is 0 Å². The molecule has 1 aromatic carbocycles. The molecule has 1 rings (SSSR count).